The van der Waals surface area contributed by atoms with E-state index in [-0.39, 0.29) is 25.7 Å². The second-order valence-corrected chi connectivity index (χ2v) is 6.10. The Morgan fingerprint density at radius 2 is 1.75 bits per heavy atom. The van der Waals surface area contributed by atoms with Crippen LogP contribution in [0.2, 0.25) is 0 Å². The van der Waals surface area contributed by atoms with Gasteiger partial charge in [0.25, 0.3) is 5.91 Å². The first-order chi connectivity index (χ1) is 13.6. The smallest absolute Gasteiger partial charge is 0.258 e. The van der Waals surface area contributed by atoms with E-state index in [1.54, 1.807) is 25.3 Å². The maximum Gasteiger partial charge on any atom is 0.258 e. The number of benzene rings is 2. The first-order valence-corrected chi connectivity index (χ1v) is 9.03. The Morgan fingerprint density at radius 1 is 1.04 bits per heavy atom. The molecule has 2 N–H and O–H groups in total. The minimum atomic E-state index is -0.830. The molecule has 0 aliphatic rings. The zero-order chi connectivity index (χ0) is 20.2. The lowest BCUT2D eigenvalue weighted by Gasteiger charge is -2.14. The van der Waals surface area contributed by atoms with Crippen molar-refractivity contribution < 1.29 is 28.8 Å². The second kappa shape index (κ2) is 11.8. The van der Waals surface area contributed by atoms with E-state index in [1.165, 1.54) is 7.11 Å². The van der Waals surface area contributed by atoms with Crippen LogP contribution in [0.4, 0.5) is 0 Å². The van der Waals surface area contributed by atoms with Gasteiger partial charge in [-0.25, -0.2) is 0 Å². The first-order valence-electron chi connectivity index (χ1n) is 9.03. The third-order valence-corrected chi connectivity index (χ3v) is 3.92. The number of methoxy groups -OCH3 is 2. The molecule has 0 heterocycles. The Bertz CT molecular complexity index is 719. The summed E-state index contributed by atoms with van der Waals surface area (Å²) in [4.78, 5) is 11.9. The zero-order valence-electron chi connectivity index (χ0n) is 16.2. The maximum atomic E-state index is 11.9. The molecule has 1 unspecified atom stereocenters. The van der Waals surface area contributed by atoms with Crippen LogP contribution in [-0.2, 0) is 16.0 Å². The number of amides is 1. The summed E-state index contributed by atoms with van der Waals surface area (Å²) < 4.78 is 21.2. The molecule has 2 aromatic rings. The van der Waals surface area contributed by atoms with Crippen LogP contribution >= 0.6 is 0 Å². The van der Waals surface area contributed by atoms with Crippen LogP contribution in [0.15, 0.2) is 48.5 Å². The van der Waals surface area contributed by atoms with Crippen LogP contribution < -0.4 is 19.5 Å². The van der Waals surface area contributed by atoms with Gasteiger partial charge in [0.05, 0.1) is 13.7 Å². The van der Waals surface area contributed by atoms with Crippen molar-refractivity contribution in [3.8, 4) is 17.2 Å². The van der Waals surface area contributed by atoms with Crippen molar-refractivity contribution in [2.45, 2.75) is 12.5 Å². The van der Waals surface area contributed by atoms with Crippen molar-refractivity contribution in [3.63, 3.8) is 0 Å². The van der Waals surface area contributed by atoms with Crippen molar-refractivity contribution in [2.24, 2.45) is 0 Å². The molecule has 0 bridgehead atoms. The number of hydrogen-bond donors (Lipinski definition) is 2. The van der Waals surface area contributed by atoms with Crippen LogP contribution in [0, 0.1) is 0 Å². The van der Waals surface area contributed by atoms with E-state index in [0.29, 0.717) is 23.9 Å². The largest absolute Gasteiger partial charge is 0.493 e. The van der Waals surface area contributed by atoms with Crippen molar-refractivity contribution in [3.05, 3.63) is 54.1 Å². The first kappa shape index (κ1) is 21.5. The van der Waals surface area contributed by atoms with Crippen molar-refractivity contribution >= 4 is 5.91 Å². The lowest BCUT2D eigenvalue weighted by Crippen LogP contribution is -2.37. The summed E-state index contributed by atoms with van der Waals surface area (Å²) in [6.45, 7) is 0.640. The molecule has 1 atom stereocenters. The quantitative estimate of drug-likeness (QED) is 0.576. The Kier molecular flexibility index (Phi) is 9.10. The fourth-order valence-electron chi connectivity index (χ4n) is 2.39. The van der Waals surface area contributed by atoms with E-state index in [1.807, 2.05) is 30.3 Å². The molecular weight excluding hydrogens is 362 g/mol. The maximum absolute atomic E-state index is 11.9. The molecule has 2 rings (SSSR count). The monoisotopic (exact) mass is 389 g/mol. The molecule has 0 radical (unpaired) electrons. The van der Waals surface area contributed by atoms with Gasteiger partial charge in [-0.3, -0.25) is 4.79 Å². The third-order valence-electron chi connectivity index (χ3n) is 3.92. The molecule has 28 heavy (non-hydrogen) atoms. The number of rotatable bonds is 12. The summed E-state index contributed by atoms with van der Waals surface area (Å²) in [6.07, 6.45) is 0.00547. The van der Waals surface area contributed by atoms with E-state index in [4.69, 9.17) is 18.9 Å². The molecule has 0 aromatic heterocycles. The van der Waals surface area contributed by atoms with Gasteiger partial charge in [-0.05, 0) is 36.2 Å². The van der Waals surface area contributed by atoms with E-state index < -0.39 is 6.10 Å². The summed E-state index contributed by atoms with van der Waals surface area (Å²) in [6, 6.07) is 14.7. The lowest BCUT2D eigenvalue weighted by molar-refractivity contribution is -0.123. The number of carbonyl (C=O) groups is 1. The predicted molar refractivity (Wildman–Crippen MR) is 105 cm³/mol. The average Bonchev–Trinajstić information content (AvgIpc) is 2.74. The summed E-state index contributed by atoms with van der Waals surface area (Å²) in [5.41, 5.74) is 1.15. The summed E-state index contributed by atoms with van der Waals surface area (Å²) in [5.74, 6) is 1.36. The van der Waals surface area contributed by atoms with Crippen LogP contribution in [0.25, 0.3) is 0 Å². The highest BCUT2D eigenvalue weighted by Gasteiger charge is 2.10. The normalized spacial score (nSPS) is 11.5. The van der Waals surface area contributed by atoms with Gasteiger partial charge in [0, 0.05) is 13.7 Å². The number of carbonyl (C=O) groups excluding carboxylic acids is 1. The van der Waals surface area contributed by atoms with Crippen LogP contribution in [-0.4, -0.2) is 57.7 Å². The zero-order valence-corrected chi connectivity index (χ0v) is 16.2. The Labute approximate surface area is 165 Å². The minimum absolute atomic E-state index is 0.0695. The SMILES string of the molecule is COCCc1ccc(OCC(O)CNC(=O)COc2ccccc2OC)cc1. The molecule has 0 saturated carbocycles. The van der Waals surface area contributed by atoms with Crippen molar-refractivity contribution in [2.75, 3.05) is 40.6 Å². The van der Waals surface area contributed by atoms with Gasteiger partial charge in [-0.2, -0.15) is 0 Å². The fourth-order valence-corrected chi connectivity index (χ4v) is 2.39. The minimum Gasteiger partial charge on any atom is -0.493 e. The fraction of sp³-hybridized carbons (Fsp3) is 0.381. The highest BCUT2D eigenvalue weighted by Crippen LogP contribution is 2.25. The van der Waals surface area contributed by atoms with Crippen LogP contribution in [0.3, 0.4) is 0 Å². The molecule has 7 nitrogen and oxygen atoms in total. The van der Waals surface area contributed by atoms with E-state index in [0.717, 1.165) is 12.0 Å². The second-order valence-electron chi connectivity index (χ2n) is 6.10. The molecule has 0 aliphatic carbocycles. The molecule has 2 aromatic carbocycles. The van der Waals surface area contributed by atoms with Gasteiger partial charge in [0.2, 0.25) is 0 Å². The molecule has 0 saturated heterocycles. The number of aliphatic hydroxyl groups excluding tert-OH is 1. The standard InChI is InChI=1S/C21H27NO6/c1-25-12-11-16-7-9-18(10-8-16)27-14-17(23)13-22-21(24)15-28-20-6-4-3-5-19(20)26-2/h3-10,17,23H,11-15H2,1-2H3,(H,22,24). The summed E-state index contributed by atoms with van der Waals surface area (Å²) in [5, 5.41) is 12.6. The number of hydrogen-bond acceptors (Lipinski definition) is 6. The number of ether oxygens (including phenoxy) is 4. The number of para-hydroxylation sites is 2. The molecule has 0 aliphatic heterocycles. The Morgan fingerprint density at radius 3 is 2.43 bits per heavy atom. The van der Waals surface area contributed by atoms with Gasteiger partial charge >= 0.3 is 0 Å². The molecule has 1 amide bonds. The molecule has 152 valence electrons. The van der Waals surface area contributed by atoms with Gasteiger partial charge in [-0.15, -0.1) is 0 Å². The molecule has 0 spiro atoms. The Balaban J connectivity index is 1.66. The van der Waals surface area contributed by atoms with Crippen LogP contribution in [0.1, 0.15) is 5.56 Å². The topological polar surface area (TPSA) is 86.2 Å². The van der Waals surface area contributed by atoms with E-state index >= 15 is 0 Å². The molecule has 7 heteroatoms. The number of aliphatic hydroxyl groups is 1. The predicted octanol–water partition coefficient (Wildman–Crippen LogP) is 1.82. The van der Waals surface area contributed by atoms with Gasteiger partial charge in [0.1, 0.15) is 18.5 Å². The van der Waals surface area contributed by atoms with Crippen molar-refractivity contribution in [1.82, 2.24) is 5.32 Å². The highest BCUT2D eigenvalue weighted by molar-refractivity contribution is 5.77. The van der Waals surface area contributed by atoms with Crippen LogP contribution in [0.5, 0.6) is 17.2 Å². The van der Waals surface area contributed by atoms with Gasteiger partial charge < -0.3 is 29.4 Å². The van der Waals surface area contributed by atoms with Gasteiger partial charge in [0.15, 0.2) is 18.1 Å². The summed E-state index contributed by atoms with van der Waals surface area (Å²) in [7, 11) is 3.20. The van der Waals surface area contributed by atoms with E-state index in [9.17, 15) is 9.90 Å². The third kappa shape index (κ3) is 7.46. The van der Waals surface area contributed by atoms with E-state index in [2.05, 4.69) is 5.32 Å². The highest BCUT2D eigenvalue weighted by atomic mass is 16.5. The van der Waals surface area contributed by atoms with Gasteiger partial charge in [-0.1, -0.05) is 24.3 Å². The lowest BCUT2D eigenvalue weighted by atomic mass is 10.1. The van der Waals surface area contributed by atoms with Crippen molar-refractivity contribution in [1.29, 1.82) is 0 Å². The number of nitrogens with one attached hydrogen (secondary N) is 1. The molecular formula is C21H27NO6. The average molecular weight is 389 g/mol. The Hall–Kier alpha value is -2.77. The molecule has 0 fully saturated rings. The summed E-state index contributed by atoms with van der Waals surface area (Å²) >= 11 is 0.